The summed E-state index contributed by atoms with van der Waals surface area (Å²) in [5.41, 5.74) is 0.862. The van der Waals surface area contributed by atoms with Crippen LogP contribution in [0.4, 0.5) is 11.4 Å². The molecule has 2 rings (SSSR count). The highest BCUT2D eigenvalue weighted by molar-refractivity contribution is 9.10. The third kappa shape index (κ3) is 4.35. The van der Waals surface area contributed by atoms with Crippen molar-refractivity contribution < 1.29 is 14.5 Å². The van der Waals surface area contributed by atoms with Gasteiger partial charge in [0, 0.05) is 7.05 Å². The Morgan fingerprint density at radius 3 is 2.73 bits per heavy atom. The Balaban J connectivity index is 2.17. The largest absolute Gasteiger partial charge is 0.494 e. The summed E-state index contributed by atoms with van der Waals surface area (Å²) in [6, 6.07) is 4.33. The number of nitro groups is 1. The summed E-state index contributed by atoms with van der Waals surface area (Å²) >= 11 is 8.39. The fourth-order valence-corrected chi connectivity index (χ4v) is 2.94. The summed E-state index contributed by atoms with van der Waals surface area (Å²) in [6.07, 6.45) is 0. The Morgan fingerprint density at radius 1 is 1.50 bits per heavy atom. The number of aromatic nitrogens is 2. The highest BCUT2D eigenvalue weighted by Gasteiger charge is 2.21. The second-order valence-corrected chi connectivity index (χ2v) is 6.35. The van der Waals surface area contributed by atoms with Crippen molar-refractivity contribution in [2.45, 2.75) is 13.8 Å². The van der Waals surface area contributed by atoms with Gasteiger partial charge in [0.2, 0.25) is 0 Å². The minimum Gasteiger partial charge on any atom is -0.494 e. The first-order valence-electron chi connectivity index (χ1n) is 7.47. The van der Waals surface area contributed by atoms with Gasteiger partial charge in [-0.1, -0.05) is 0 Å². The molecule has 1 aromatic heterocycles. The lowest BCUT2D eigenvalue weighted by molar-refractivity contribution is -0.384. The van der Waals surface area contributed by atoms with Crippen LogP contribution in [0, 0.1) is 17.0 Å². The number of benzene rings is 1. The quantitative estimate of drug-likeness (QED) is 0.416. The van der Waals surface area contributed by atoms with Gasteiger partial charge in [0.15, 0.2) is 5.11 Å². The zero-order valence-electron chi connectivity index (χ0n) is 14.2. The van der Waals surface area contributed by atoms with Gasteiger partial charge in [-0.05, 0) is 54.1 Å². The fraction of sp³-hybridized carbons (Fsp3) is 0.267. The molecular weight excluding hydrogens is 426 g/mol. The van der Waals surface area contributed by atoms with Gasteiger partial charge in [-0.15, -0.1) is 0 Å². The van der Waals surface area contributed by atoms with Crippen molar-refractivity contribution in [3.05, 3.63) is 44.2 Å². The Labute approximate surface area is 163 Å². The van der Waals surface area contributed by atoms with E-state index in [9.17, 15) is 14.9 Å². The van der Waals surface area contributed by atoms with Gasteiger partial charge in [0.25, 0.3) is 11.6 Å². The van der Waals surface area contributed by atoms with E-state index in [4.69, 9.17) is 17.0 Å². The molecule has 2 aromatic rings. The Bertz CT molecular complexity index is 883. The molecule has 0 unspecified atom stereocenters. The molecule has 0 radical (unpaired) electrons. The number of halogens is 1. The predicted molar refractivity (Wildman–Crippen MR) is 104 cm³/mol. The molecule has 138 valence electrons. The summed E-state index contributed by atoms with van der Waals surface area (Å²) in [7, 11) is 1.63. The molecule has 26 heavy (non-hydrogen) atoms. The lowest BCUT2D eigenvalue weighted by atomic mass is 10.2. The Hall–Kier alpha value is -2.53. The normalized spacial score (nSPS) is 10.3. The minimum atomic E-state index is -0.559. The summed E-state index contributed by atoms with van der Waals surface area (Å²) in [6.45, 7) is 3.92. The Kier molecular flexibility index (Phi) is 6.27. The van der Waals surface area contributed by atoms with Crippen molar-refractivity contribution in [2.24, 2.45) is 7.05 Å². The van der Waals surface area contributed by atoms with Crippen LogP contribution in [0.25, 0.3) is 0 Å². The van der Waals surface area contributed by atoms with Crippen molar-refractivity contribution in [3.8, 4) is 5.75 Å². The second-order valence-electron chi connectivity index (χ2n) is 5.15. The molecule has 0 atom stereocenters. The lowest BCUT2D eigenvalue weighted by Crippen LogP contribution is -2.35. The number of ether oxygens (including phenoxy) is 1. The van der Waals surface area contributed by atoms with Crippen LogP contribution in [0.3, 0.4) is 0 Å². The first-order chi connectivity index (χ1) is 12.2. The topological polar surface area (TPSA) is 111 Å². The van der Waals surface area contributed by atoms with Gasteiger partial charge in [0.05, 0.1) is 27.8 Å². The summed E-state index contributed by atoms with van der Waals surface area (Å²) in [5, 5.41) is 20.5. The second kappa shape index (κ2) is 8.23. The van der Waals surface area contributed by atoms with Gasteiger partial charge in [-0.25, -0.2) is 0 Å². The number of thiocarbonyl (C=S) groups is 1. The molecule has 0 spiro atoms. The number of amides is 1. The SMILES string of the molecule is CCOc1ccc(NC(=S)NC(=O)c2c(Br)c(C)nn2C)c([N+](=O)[O-])c1. The molecule has 0 fully saturated rings. The Morgan fingerprint density at radius 2 is 2.19 bits per heavy atom. The molecule has 1 amide bonds. The molecule has 1 heterocycles. The lowest BCUT2D eigenvalue weighted by Gasteiger charge is -2.11. The van der Waals surface area contributed by atoms with Crippen LogP contribution in [0.2, 0.25) is 0 Å². The molecule has 0 saturated carbocycles. The van der Waals surface area contributed by atoms with E-state index in [0.29, 0.717) is 22.5 Å². The molecular formula is C15H16BrN5O4S. The van der Waals surface area contributed by atoms with Crippen LogP contribution < -0.4 is 15.4 Å². The molecule has 0 aliphatic carbocycles. The first kappa shape index (κ1) is 19.8. The van der Waals surface area contributed by atoms with Crippen molar-refractivity contribution >= 4 is 50.5 Å². The van der Waals surface area contributed by atoms with Gasteiger partial charge in [-0.3, -0.25) is 24.9 Å². The van der Waals surface area contributed by atoms with Crippen LogP contribution in [-0.2, 0) is 7.05 Å². The van der Waals surface area contributed by atoms with E-state index < -0.39 is 10.8 Å². The van der Waals surface area contributed by atoms with E-state index in [0.717, 1.165) is 0 Å². The summed E-state index contributed by atoms with van der Waals surface area (Å²) < 4.78 is 7.22. The number of carbonyl (C=O) groups excluding carboxylic acids is 1. The van der Waals surface area contributed by atoms with E-state index in [-0.39, 0.29) is 22.2 Å². The highest BCUT2D eigenvalue weighted by atomic mass is 79.9. The minimum absolute atomic E-state index is 0.0759. The molecule has 0 aliphatic heterocycles. The van der Waals surface area contributed by atoms with E-state index in [1.54, 1.807) is 27.0 Å². The third-order valence-electron chi connectivity index (χ3n) is 3.32. The maximum absolute atomic E-state index is 12.4. The van der Waals surface area contributed by atoms with Gasteiger partial charge in [-0.2, -0.15) is 5.10 Å². The van der Waals surface area contributed by atoms with Gasteiger partial charge < -0.3 is 10.1 Å². The van der Waals surface area contributed by atoms with Crippen LogP contribution >= 0.6 is 28.1 Å². The number of anilines is 1. The number of nitro benzene ring substituents is 1. The van der Waals surface area contributed by atoms with E-state index >= 15 is 0 Å². The van der Waals surface area contributed by atoms with Crippen molar-refractivity contribution in [2.75, 3.05) is 11.9 Å². The van der Waals surface area contributed by atoms with Crippen LogP contribution in [-0.4, -0.2) is 32.3 Å². The van der Waals surface area contributed by atoms with Crippen molar-refractivity contribution in [1.82, 2.24) is 15.1 Å². The fourth-order valence-electron chi connectivity index (χ4n) is 2.22. The monoisotopic (exact) mass is 441 g/mol. The number of hydrogen-bond donors (Lipinski definition) is 2. The number of hydrogen-bond acceptors (Lipinski definition) is 6. The van der Waals surface area contributed by atoms with Crippen LogP contribution in [0.5, 0.6) is 5.75 Å². The van der Waals surface area contributed by atoms with Crippen molar-refractivity contribution in [3.63, 3.8) is 0 Å². The third-order valence-corrected chi connectivity index (χ3v) is 4.47. The molecule has 2 N–H and O–H groups in total. The van der Waals surface area contributed by atoms with Crippen LogP contribution in [0.1, 0.15) is 23.1 Å². The zero-order valence-corrected chi connectivity index (χ0v) is 16.6. The number of nitrogens with one attached hydrogen (secondary N) is 2. The number of aryl methyl sites for hydroxylation is 2. The smallest absolute Gasteiger partial charge is 0.296 e. The number of carbonyl (C=O) groups is 1. The summed E-state index contributed by atoms with van der Waals surface area (Å²) in [5.74, 6) is -0.125. The molecule has 0 saturated heterocycles. The van der Waals surface area contributed by atoms with Gasteiger partial charge in [0.1, 0.15) is 17.1 Å². The molecule has 9 nitrogen and oxygen atoms in total. The average Bonchev–Trinajstić information content (AvgIpc) is 2.81. The number of nitrogens with zero attached hydrogens (tertiary/aromatic N) is 3. The molecule has 0 aliphatic rings. The maximum Gasteiger partial charge on any atom is 0.296 e. The maximum atomic E-state index is 12.4. The zero-order chi connectivity index (χ0) is 19.4. The van der Waals surface area contributed by atoms with Crippen LogP contribution in [0.15, 0.2) is 22.7 Å². The summed E-state index contributed by atoms with van der Waals surface area (Å²) in [4.78, 5) is 23.1. The average molecular weight is 442 g/mol. The first-order valence-corrected chi connectivity index (χ1v) is 8.67. The molecule has 11 heteroatoms. The highest BCUT2D eigenvalue weighted by Crippen LogP contribution is 2.29. The van der Waals surface area contributed by atoms with E-state index in [1.807, 2.05) is 0 Å². The van der Waals surface area contributed by atoms with Crippen molar-refractivity contribution in [1.29, 1.82) is 0 Å². The standard InChI is InChI=1S/C15H16BrN5O4S/c1-4-25-9-5-6-10(11(7-9)21(23)24)17-15(26)18-14(22)13-12(16)8(2)19-20(13)3/h5-7H,4H2,1-3H3,(H2,17,18,22,26). The van der Waals surface area contributed by atoms with Gasteiger partial charge >= 0.3 is 0 Å². The van der Waals surface area contributed by atoms with E-state index in [1.165, 1.54) is 16.8 Å². The molecule has 1 aromatic carbocycles. The van der Waals surface area contributed by atoms with E-state index in [2.05, 4.69) is 31.7 Å². The number of rotatable bonds is 5. The predicted octanol–water partition coefficient (Wildman–Crippen LogP) is 2.92. The molecule has 0 bridgehead atoms.